The van der Waals surface area contributed by atoms with Crippen LogP contribution in [0.15, 0.2) is 18.2 Å². The molecule has 0 saturated carbocycles. The van der Waals surface area contributed by atoms with Crippen LogP contribution in [0.2, 0.25) is 0 Å². The molecule has 1 aromatic carbocycles. The second-order valence-corrected chi connectivity index (χ2v) is 7.91. The summed E-state index contributed by atoms with van der Waals surface area (Å²) in [5.41, 5.74) is 9.71. The summed E-state index contributed by atoms with van der Waals surface area (Å²) in [5, 5.41) is 0. The lowest BCUT2D eigenvalue weighted by Crippen LogP contribution is -2.39. The highest BCUT2D eigenvalue weighted by Crippen LogP contribution is 2.30. The number of nitrogen functional groups attached to an aromatic ring is 1. The molecule has 1 saturated heterocycles. The number of nitrogens with one attached hydrogen (secondary N) is 1. The average molecular weight is 394 g/mol. The Morgan fingerprint density at radius 3 is 2.76 bits per heavy atom. The number of carbonyl (C=O) groups excluding carboxylic acids is 1. The van der Waals surface area contributed by atoms with Crippen molar-refractivity contribution < 1.29 is 9.18 Å². The normalized spacial score (nSPS) is 17.5. The molecule has 8 heteroatoms. The third kappa shape index (κ3) is 3.32. The van der Waals surface area contributed by atoms with Gasteiger partial charge in [0.1, 0.15) is 17.3 Å². The minimum atomic E-state index is -0.277. The molecule has 3 heterocycles. The fraction of sp³-hybridized carbons (Fsp3) is 0.429. The number of piperidine rings is 1. The second kappa shape index (κ2) is 7.09. The Balaban J connectivity index is 1.33. The van der Waals surface area contributed by atoms with Crippen molar-refractivity contribution >= 4 is 22.9 Å². The van der Waals surface area contributed by atoms with Gasteiger partial charge in [-0.1, -0.05) is 0 Å². The van der Waals surface area contributed by atoms with Gasteiger partial charge >= 0.3 is 0 Å². The van der Waals surface area contributed by atoms with E-state index in [1.807, 2.05) is 4.90 Å². The number of benzene rings is 1. The van der Waals surface area contributed by atoms with Gasteiger partial charge in [-0.2, -0.15) is 0 Å². The van der Waals surface area contributed by atoms with E-state index in [4.69, 9.17) is 5.73 Å². The van der Waals surface area contributed by atoms with Crippen molar-refractivity contribution in [3.63, 3.8) is 0 Å². The molecule has 1 aliphatic heterocycles. The second-order valence-electron chi connectivity index (χ2n) is 7.91. The number of likely N-dealkylation sites (tertiary alicyclic amines) is 1. The average Bonchev–Trinajstić information content (AvgIpc) is 3.16. The molecule has 7 nitrogen and oxygen atoms in total. The number of nitrogens with zero attached hydrogens (tertiary/aromatic N) is 4. The van der Waals surface area contributed by atoms with E-state index in [9.17, 15) is 9.18 Å². The molecule has 150 valence electrons. The van der Waals surface area contributed by atoms with Crippen molar-refractivity contribution in [3.05, 3.63) is 46.8 Å². The minimum Gasteiger partial charge on any atom is -0.368 e. The first-order valence-electron chi connectivity index (χ1n) is 10.2. The smallest absolute Gasteiger partial charge is 0.272 e. The van der Waals surface area contributed by atoms with Crippen LogP contribution in [0.3, 0.4) is 0 Å². The summed E-state index contributed by atoms with van der Waals surface area (Å²) < 4.78 is 13.4. The lowest BCUT2D eigenvalue weighted by molar-refractivity contribution is 0.0703. The third-order valence-corrected chi connectivity index (χ3v) is 6.03. The van der Waals surface area contributed by atoms with Crippen molar-refractivity contribution in [2.45, 2.75) is 44.4 Å². The van der Waals surface area contributed by atoms with E-state index in [2.05, 4.69) is 19.9 Å². The summed E-state index contributed by atoms with van der Waals surface area (Å²) in [6, 6.07) is 4.57. The number of hydrogen-bond donors (Lipinski definition) is 2. The van der Waals surface area contributed by atoms with Crippen LogP contribution in [-0.2, 0) is 12.8 Å². The van der Waals surface area contributed by atoms with Gasteiger partial charge in [-0.3, -0.25) is 4.79 Å². The lowest BCUT2D eigenvalue weighted by Gasteiger charge is -2.31. The predicted octanol–water partition coefficient (Wildman–Crippen LogP) is 2.97. The third-order valence-electron chi connectivity index (χ3n) is 6.03. The van der Waals surface area contributed by atoms with Gasteiger partial charge in [-0.25, -0.2) is 19.3 Å². The zero-order valence-electron chi connectivity index (χ0n) is 16.1. The van der Waals surface area contributed by atoms with E-state index >= 15 is 0 Å². The largest absolute Gasteiger partial charge is 0.368 e. The first-order chi connectivity index (χ1) is 14.1. The molecule has 0 spiro atoms. The Morgan fingerprint density at radius 1 is 1.14 bits per heavy atom. The standard InChI is InChI=1S/C21H23FN6O/c22-13-5-6-16-17(11-13)25-19(24-16)12-7-9-28(10-8-12)20(29)18-14-3-1-2-4-15(14)26-21(23)27-18/h5-6,11-12H,1-4,7-10H2,(H,24,25)(H2,23,26,27). The van der Waals surface area contributed by atoms with Crippen molar-refractivity contribution in [3.8, 4) is 0 Å². The number of halogens is 1. The van der Waals surface area contributed by atoms with E-state index in [1.54, 1.807) is 6.07 Å². The van der Waals surface area contributed by atoms with Gasteiger partial charge in [0.25, 0.3) is 5.91 Å². The number of carbonyl (C=O) groups is 1. The number of H-pyrrole nitrogens is 1. The fourth-order valence-corrected chi connectivity index (χ4v) is 4.49. The van der Waals surface area contributed by atoms with Crippen LogP contribution in [0.4, 0.5) is 10.3 Å². The van der Waals surface area contributed by atoms with Crippen molar-refractivity contribution in [1.29, 1.82) is 0 Å². The number of aromatic amines is 1. The van der Waals surface area contributed by atoms with Crippen LogP contribution in [-0.4, -0.2) is 43.8 Å². The quantitative estimate of drug-likeness (QED) is 0.696. The molecule has 0 bridgehead atoms. The lowest BCUT2D eigenvalue weighted by atomic mass is 9.93. The number of amides is 1. The van der Waals surface area contributed by atoms with E-state index in [0.717, 1.165) is 61.1 Å². The summed E-state index contributed by atoms with van der Waals surface area (Å²) in [5.74, 6) is 0.932. The summed E-state index contributed by atoms with van der Waals surface area (Å²) in [6.07, 6.45) is 5.42. The van der Waals surface area contributed by atoms with Crippen LogP contribution in [0.5, 0.6) is 0 Å². The van der Waals surface area contributed by atoms with Crippen molar-refractivity contribution in [1.82, 2.24) is 24.8 Å². The molecule has 0 radical (unpaired) electrons. The molecule has 29 heavy (non-hydrogen) atoms. The zero-order valence-corrected chi connectivity index (χ0v) is 16.1. The number of nitrogens with two attached hydrogens (primary N) is 1. The van der Waals surface area contributed by atoms with Crippen molar-refractivity contribution in [2.24, 2.45) is 0 Å². The Labute approximate surface area is 167 Å². The highest BCUT2D eigenvalue weighted by molar-refractivity contribution is 5.94. The van der Waals surface area contributed by atoms with E-state index in [1.165, 1.54) is 12.1 Å². The van der Waals surface area contributed by atoms with Gasteiger partial charge in [0.05, 0.1) is 11.0 Å². The van der Waals surface area contributed by atoms with Crippen molar-refractivity contribution in [2.75, 3.05) is 18.8 Å². The molecule has 3 N–H and O–H groups in total. The van der Waals surface area contributed by atoms with E-state index in [-0.39, 0.29) is 23.6 Å². The van der Waals surface area contributed by atoms with Crippen LogP contribution >= 0.6 is 0 Å². The topological polar surface area (TPSA) is 101 Å². The maximum absolute atomic E-state index is 13.4. The molecule has 0 unspecified atom stereocenters. The maximum atomic E-state index is 13.4. The molecule has 2 aliphatic rings. The van der Waals surface area contributed by atoms with Gasteiger partial charge < -0.3 is 15.6 Å². The zero-order chi connectivity index (χ0) is 20.0. The highest BCUT2D eigenvalue weighted by Gasteiger charge is 2.30. The predicted molar refractivity (Wildman–Crippen MR) is 107 cm³/mol. The van der Waals surface area contributed by atoms with Crippen LogP contribution in [0.1, 0.15) is 59.2 Å². The summed E-state index contributed by atoms with van der Waals surface area (Å²) in [7, 11) is 0. The maximum Gasteiger partial charge on any atom is 0.272 e. The minimum absolute atomic E-state index is 0.0534. The molecule has 0 atom stereocenters. The molecule has 3 aromatic rings. The molecular formula is C21H23FN6O. The summed E-state index contributed by atoms with van der Waals surface area (Å²) >= 11 is 0. The Morgan fingerprint density at radius 2 is 1.93 bits per heavy atom. The summed E-state index contributed by atoms with van der Waals surface area (Å²) in [6.45, 7) is 1.27. The van der Waals surface area contributed by atoms with E-state index < -0.39 is 0 Å². The SMILES string of the molecule is Nc1nc2c(c(C(=O)N3CCC(c4nc5ccc(F)cc5[nH]4)CC3)n1)CCCC2. The van der Waals surface area contributed by atoms with Gasteiger partial charge in [0.15, 0.2) is 0 Å². The number of hydrogen-bond acceptors (Lipinski definition) is 5. The Bertz CT molecular complexity index is 1090. The number of rotatable bonds is 2. The van der Waals surface area contributed by atoms with Crippen LogP contribution in [0.25, 0.3) is 11.0 Å². The van der Waals surface area contributed by atoms with Gasteiger partial charge in [0, 0.05) is 30.3 Å². The van der Waals surface area contributed by atoms with Gasteiger partial charge in [-0.05, 0) is 56.7 Å². The Hall–Kier alpha value is -3.03. The fourth-order valence-electron chi connectivity index (χ4n) is 4.49. The molecule has 5 rings (SSSR count). The Kier molecular flexibility index (Phi) is 4.41. The number of aromatic nitrogens is 4. The summed E-state index contributed by atoms with van der Waals surface area (Å²) in [4.78, 5) is 31.5. The monoisotopic (exact) mass is 394 g/mol. The number of imidazole rings is 1. The molecule has 1 fully saturated rings. The number of fused-ring (bicyclic) bond motifs is 2. The molecule has 1 aliphatic carbocycles. The van der Waals surface area contributed by atoms with E-state index in [0.29, 0.717) is 24.3 Å². The molecule has 1 amide bonds. The first-order valence-corrected chi connectivity index (χ1v) is 10.2. The van der Waals surface area contributed by atoms with Crippen LogP contribution < -0.4 is 5.73 Å². The highest BCUT2D eigenvalue weighted by atomic mass is 19.1. The van der Waals surface area contributed by atoms with Gasteiger partial charge in [-0.15, -0.1) is 0 Å². The molecular weight excluding hydrogens is 371 g/mol. The number of anilines is 1. The number of aryl methyl sites for hydroxylation is 1. The molecule has 2 aromatic heterocycles. The van der Waals surface area contributed by atoms with Gasteiger partial charge in [0.2, 0.25) is 5.95 Å². The van der Waals surface area contributed by atoms with Crippen LogP contribution in [0, 0.1) is 5.82 Å². The first kappa shape index (κ1) is 18.0.